The molecular formula is C12H10N2O4. The summed E-state index contributed by atoms with van der Waals surface area (Å²) in [6.45, 7) is 0. The number of rotatable bonds is 3. The molecule has 0 radical (unpaired) electrons. The summed E-state index contributed by atoms with van der Waals surface area (Å²) >= 11 is 0. The van der Waals surface area contributed by atoms with Crippen LogP contribution in [0.3, 0.4) is 0 Å². The first kappa shape index (κ1) is 12.0. The summed E-state index contributed by atoms with van der Waals surface area (Å²) in [7, 11) is 1.31. The molecule has 2 rings (SSSR count). The van der Waals surface area contributed by atoms with Gasteiger partial charge >= 0.3 is 11.9 Å². The Morgan fingerprint density at radius 2 is 2.17 bits per heavy atom. The first-order valence-corrected chi connectivity index (χ1v) is 5.15. The molecule has 0 saturated heterocycles. The predicted molar refractivity (Wildman–Crippen MR) is 62.4 cm³/mol. The number of aliphatic imine (C=N–C) groups is 1. The minimum absolute atomic E-state index is 0.110. The lowest BCUT2D eigenvalue weighted by atomic mass is 10.1. The van der Waals surface area contributed by atoms with Gasteiger partial charge in [-0.1, -0.05) is 0 Å². The van der Waals surface area contributed by atoms with Crippen molar-refractivity contribution in [3.8, 4) is 0 Å². The van der Waals surface area contributed by atoms with E-state index in [1.54, 1.807) is 6.07 Å². The molecule has 1 N–H and O–H groups in total. The molecule has 6 nitrogen and oxygen atoms in total. The van der Waals surface area contributed by atoms with Crippen molar-refractivity contribution in [3.63, 3.8) is 0 Å². The zero-order valence-electron chi connectivity index (χ0n) is 9.58. The number of hydrogen-bond acceptors (Lipinski definition) is 5. The van der Waals surface area contributed by atoms with Crippen LogP contribution in [0.4, 0.5) is 0 Å². The summed E-state index contributed by atoms with van der Waals surface area (Å²) in [6, 6.07) is 3.01. The third-order valence-corrected chi connectivity index (χ3v) is 2.49. The molecule has 0 amide bonds. The molecule has 0 spiro atoms. The van der Waals surface area contributed by atoms with E-state index in [1.807, 2.05) is 0 Å². The second-order valence-electron chi connectivity index (χ2n) is 3.64. The van der Waals surface area contributed by atoms with E-state index < -0.39 is 11.9 Å². The lowest BCUT2D eigenvalue weighted by molar-refractivity contribution is -0.136. The van der Waals surface area contributed by atoms with Gasteiger partial charge in [-0.25, -0.2) is 9.59 Å². The first-order valence-electron chi connectivity index (χ1n) is 5.15. The maximum Gasteiger partial charge on any atom is 0.337 e. The van der Waals surface area contributed by atoms with E-state index in [-0.39, 0.29) is 5.56 Å². The Balaban J connectivity index is 2.12. The minimum Gasteiger partial charge on any atom is -0.478 e. The molecule has 0 aliphatic carbocycles. The highest BCUT2D eigenvalue weighted by Crippen LogP contribution is 2.17. The van der Waals surface area contributed by atoms with Gasteiger partial charge in [-0.3, -0.25) is 9.98 Å². The topological polar surface area (TPSA) is 88.8 Å². The van der Waals surface area contributed by atoms with Crippen molar-refractivity contribution in [2.75, 3.05) is 7.11 Å². The van der Waals surface area contributed by atoms with Gasteiger partial charge in [-0.05, 0) is 12.1 Å². The number of carbonyl (C=O) groups is 2. The summed E-state index contributed by atoms with van der Waals surface area (Å²) < 4.78 is 4.59. The molecular weight excluding hydrogens is 236 g/mol. The monoisotopic (exact) mass is 246 g/mol. The molecule has 0 unspecified atom stereocenters. The fourth-order valence-corrected chi connectivity index (χ4v) is 1.53. The molecule has 1 aliphatic rings. The van der Waals surface area contributed by atoms with Crippen LogP contribution in [0, 0.1) is 0 Å². The fourth-order valence-electron chi connectivity index (χ4n) is 1.53. The SMILES string of the molecule is COC(=O)C1=CN=C(c2ccc(C(=O)O)cn2)C1. The Morgan fingerprint density at radius 3 is 2.72 bits per heavy atom. The molecule has 0 atom stereocenters. The van der Waals surface area contributed by atoms with Crippen molar-refractivity contribution in [1.82, 2.24) is 4.98 Å². The number of aromatic nitrogens is 1. The summed E-state index contributed by atoms with van der Waals surface area (Å²) in [5.41, 5.74) is 1.73. The predicted octanol–water partition coefficient (Wildman–Crippen LogP) is 1.03. The molecule has 92 valence electrons. The number of ether oxygens (including phenoxy) is 1. The van der Waals surface area contributed by atoms with E-state index in [0.717, 1.165) is 0 Å². The normalized spacial score (nSPS) is 13.8. The number of esters is 1. The van der Waals surface area contributed by atoms with Gasteiger partial charge in [0.2, 0.25) is 0 Å². The van der Waals surface area contributed by atoms with Gasteiger partial charge in [0.15, 0.2) is 0 Å². The number of methoxy groups -OCH3 is 1. The van der Waals surface area contributed by atoms with Crippen molar-refractivity contribution in [1.29, 1.82) is 0 Å². The molecule has 6 heteroatoms. The zero-order valence-corrected chi connectivity index (χ0v) is 9.58. The van der Waals surface area contributed by atoms with E-state index in [2.05, 4.69) is 14.7 Å². The number of carbonyl (C=O) groups excluding carboxylic acids is 1. The van der Waals surface area contributed by atoms with Crippen LogP contribution in [0.2, 0.25) is 0 Å². The molecule has 0 aromatic carbocycles. The Labute approximate surface area is 103 Å². The molecule has 2 heterocycles. The van der Waals surface area contributed by atoms with Crippen LogP contribution in [-0.2, 0) is 9.53 Å². The van der Waals surface area contributed by atoms with Crippen molar-refractivity contribution in [3.05, 3.63) is 41.4 Å². The first-order chi connectivity index (χ1) is 8.61. The Bertz CT molecular complexity index is 558. The zero-order chi connectivity index (χ0) is 13.1. The molecule has 0 fully saturated rings. The largest absolute Gasteiger partial charge is 0.478 e. The van der Waals surface area contributed by atoms with Crippen LogP contribution in [0.25, 0.3) is 0 Å². The molecule has 1 aromatic heterocycles. The van der Waals surface area contributed by atoms with Gasteiger partial charge in [-0.2, -0.15) is 0 Å². The van der Waals surface area contributed by atoms with E-state index >= 15 is 0 Å². The third-order valence-electron chi connectivity index (χ3n) is 2.49. The van der Waals surface area contributed by atoms with Crippen LogP contribution in [-0.4, -0.2) is 34.9 Å². The fraction of sp³-hybridized carbons (Fsp3) is 0.167. The van der Waals surface area contributed by atoms with Crippen LogP contribution in [0.15, 0.2) is 35.1 Å². The van der Waals surface area contributed by atoms with Gasteiger partial charge in [0, 0.05) is 18.8 Å². The number of pyridine rings is 1. The third kappa shape index (κ3) is 2.27. The quantitative estimate of drug-likeness (QED) is 0.804. The number of carboxylic acid groups (broad SMARTS) is 1. The van der Waals surface area contributed by atoms with E-state index in [9.17, 15) is 9.59 Å². The summed E-state index contributed by atoms with van der Waals surface area (Å²) in [6.07, 6.45) is 3.04. The van der Waals surface area contributed by atoms with Crippen molar-refractivity contribution in [2.24, 2.45) is 4.99 Å². The lowest BCUT2D eigenvalue weighted by Gasteiger charge is -2.02. The Morgan fingerprint density at radius 1 is 1.39 bits per heavy atom. The molecule has 1 aromatic rings. The standard InChI is InChI=1S/C12H10N2O4/c1-18-12(17)8-4-10(14-6-8)9-3-2-7(5-13-9)11(15)16/h2-3,5-6H,4H2,1H3,(H,15,16). The number of carboxylic acids is 1. The van der Waals surface area contributed by atoms with Gasteiger partial charge in [0.25, 0.3) is 0 Å². The molecule has 18 heavy (non-hydrogen) atoms. The van der Waals surface area contributed by atoms with Crippen molar-refractivity contribution >= 4 is 17.7 Å². The maximum absolute atomic E-state index is 11.3. The van der Waals surface area contributed by atoms with Crippen LogP contribution in [0.1, 0.15) is 22.5 Å². The minimum atomic E-state index is -1.03. The van der Waals surface area contributed by atoms with Crippen molar-refractivity contribution in [2.45, 2.75) is 6.42 Å². The lowest BCUT2D eigenvalue weighted by Crippen LogP contribution is -2.08. The highest BCUT2D eigenvalue weighted by atomic mass is 16.5. The van der Waals surface area contributed by atoms with E-state index in [1.165, 1.54) is 25.6 Å². The average molecular weight is 246 g/mol. The van der Waals surface area contributed by atoms with Gasteiger partial charge in [0.05, 0.1) is 29.7 Å². The second-order valence-corrected chi connectivity index (χ2v) is 3.64. The summed E-state index contributed by atoms with van der Waals surface area (Å²) in [5, 5.41) is 8.75. The van der Waals surface area contributed by atoms with Crippen LogP contribution >= 0.6 is 0 Å². The summed E-state index contributed by atoms with van der Waals surface area (Å²) in [5.74, 6) is -1.45. The molecule has 0 saturated carbocycles. The summed E-state index contributed by atoms with van der Waals surface area (Å²) in [4.78, 5) is 30.0. The second kappa shape index (κ2) is 4.79. The Hall–Kier alpha value is -2.50. The Kier molecular flexibility index (Phi) is 3.18. The van der Waals surface area contributed by atoms with Gasteiger partial charge in [-0.15, -0.1) is 0 Å². The molecule has 1 aliphatic heterocycles. The number of nitrogens with zero attached hydrogens (tertiary/aromatic N) is 2. The maximum atomic E-state index is 11.3. The van der Waals surface area contributed by atoms with E-state index in [4.69, 9.17) is 5.11 Å². The smallest absolute Gasteiger partial charge is 0.337 e. The highest BCUT2D eigenvalue weighted by molar-refractivity contribution is 6.08. The van der Waals surface area contributed by atoms with Crippen LogP contribution < -0.4 is 0 Å². The van der Waals surface area contributed by atoms with Gasteiger partial charge in [0.1, 0.15) is 0 Å². The number of aromatic carboxylic acids is 1. The number of hydrogen-bond donors (Lipinski definition) is 1. The van der Waals surface area contributed by atoms with E-state index in [0.29, 0.717) is 23.4 Å². The highest BCUT2D eigenvalue weighted by Gasteiger charge is 2.19. The van der Waals surface area contributed by atoms with Gasteiger partial charge < -0.3 is 9.84 Å². The van der Waals surface area contributed by atoms with Crippen molar-refractivity contribution < 1.29 is 19.4 Å². The average Bonchev–Trinajstić information content (AvgIpc) is 2.87. The molecule has 0 bridgehead atoms. The van der Waals surface area contributed by atoms with Crippen LogP contribution in [0.5, 0.6) is 0 Å².